The number of pyridine rings is 1. The van der Waals surface area contributed by atoms with Crippen molar-refractivity contribution in [3.63, 3.8) is 0 Å². The highest BCUT2D eigenvalue weighted by molar-refractivity contribution is 6.33. The van der Waals surface area contributed by atoms with Gasteiger partial charge in [0.1, 0.15) is 23.0 Å². The normalized spacial score (nSPS) is 11.0. The highest BCUT2D eigenvalue weighted by Crippen LogP contribution is 2.35. The molecule has 206 valence electrons. The van der Waals surface area contributed by atoms with Crippen molar-refractivity contribution in [1.82, 2.24) is 14.1 Å². The molecule has 3 aromatic carbocycles. The van der Waals surface area contributed by atoms with Gasteiger partial charge in [0.2, 0.25) is 0 Å². The number of benzene rings is 3. The summed E-state index contributed by atoms with van der Waals surface area (Å²) in [6, 6.07) is 16.4. The zero-order valence-corrected chi connectivity index (χ0v) is 23.2. The van der Waals surface area contributed by atoms with Gasteiger partial charge in [0.25, 0.3) is 5.56 Å². The van der Waals surface area contributed by atoms with Crippen LogP contribution in [0.5, 0.6) is 5.75 Å². The third kappa shape index (κ3) is 5.23. The summed E-state index contributed by atoms with van der Waals surface area (Å²) >= 11 is 6.59. The van der Waals surface area contributed by atoms with Gasteiger partial charge in [0.15, 0.2) is 0 Å². The summed E-state index contributed by atoms with van der Waals surface area (Å²) in [4.78, 5) is 32.2. The van der Waals surface area contributed by atoms with E-state index in [1.807, 2.05) is 18.2 Å². The van der Waals surface area contributed by atoms with Gasteiger partial charge in [0, 0.05) is 23.9 Å². The summed E-state index contributed by atoms with van der Waals surface area (Å²) in [6.45, 7) is 2.10. The van der Waals surface area contributed by atoms with Gasteiger partial charge >= 0.3 is 5.69 Å². The zero-order valence-electron chi connectivity index (χ0n) is 22.4. The summed E-state index contributed by atoms with van der Waals surface area (Å²) in [5.41, 5.74) is 2.56. The molecule has 10 heteroatoms. The molecule has 5 rings (SSSR count). The standard InChI is InChI=1S/C31H24ClFN4O4/c1-18-8-23(15-35-14-18)37-30(38)29-27(36(31(37)39)16-19-5-7-26(33)22(9-19)13-34)11-21(12-28(29)41-3)24-10-20(17-40-2)4-6-25(24)32/h4-12,14-15H,16-17H2,1-3H3. The molecule has 0 atom stereocenters. The van der Waals surface area contributed by atoms with Crippen molar-refractivity contribution in [3.05, 3.63) is 121 Å². The first-order valence-corrected chi connectivity index (χ1v) is 12.9. The smallest absolute Gasteiger partial charge is 0.336 e. The van der Waals surface area contributed by atoms with Crippen LogP contribution in [0, 0.1) is 24.1 Å². The Kier molecular flexibility index (Phi) is 7.70. The lowest BCUT2D eigenvalue weighted by Crippen LogP contribution is -2.39. The maximum Gasteiger partial charge on any atom is 0.336 e. The van der Waals surface area contributed by atoms with Crippen LogP contribution in [0.1, 0.15) is 22.3 Å². The molecule has 0 saturated heterocycles. The Hall–Kier alpha value is -4.78. The number of ether oxygens (including phenoxy) is 2. The SMILES string of the molecule is COCc1ccc(Cl)c(-c2cc(OC)c3c(=O)n(-c4cncc(C)c4)c(=O)n(Cc4ccc(F)c(C#N)c4)c3c2)c1. The molecule has 0 amide bonds. The van der Waals surface area contributed by atoms with E-state index in [1.165, 1.54) is 36.1 Å². The van der Waals surface area contributed by atoms with Crippen LogP contribution < -0.4 is 16.0 Å². The van der Waals surface area contributed by atoms with Crippen molar-refractivity contribution in [2.24, 2.45) is 0 Å². The van der Waals surface area contributed by atoms with Crippen LogP contribution in [-0.2, 0) is 17.9 Å². The van der Waals surface area contributed by atoms with E-state index in [0.717, 1.165) is 15.7 Å². The number of methoxy groups -OCH3 is 2. The molecule has 5 aromatic rings. The molecule has 0 radical (unpaired) electrons. The molecule has 0 aliphatic carbocycles. The molecule has 0 bridgehead atoms. The molecular weight excluding hydrogens is 547 g/mol. The first-order chi connectivity index (χ1) is 19.7. The summed E-state index contributed by atoms with van der Waals surface area (Å²) in [6.07, 6.45) is 3.05. The van der Waals surface area contributed by atoms with E-state index in [2.05, 4.69) is 4.98 Å². The van der Waals surface area contributed by atoms with E-state index >= 15 is 0 Å². The minimum atomic E-state index is -0.668. The monoisotopic (exact) mass is 570 g/mol. The summed E-state index contributed by atoms with van der Waals surface area (Å²) in [5, 5.41) is 9.97. The van der Waals surface area contributed by atoms with Gasteiger partial charge in [-0.2, -0.15) is 5.26 Å². The van der Waals surface area contributed by atoms with E-state index in [0.29, 0.717) is 28.3 Å². The fourth-order valence-electron chi connectivity index (χ4n) is 4.80. The average molecular weight is 571 g/mol. The van der Waals surface area contributed by atoms with E-state index in [-0.39, 0.29) is 34.4 Å². The molecule has 2 heterocycles. The second-order valence-electron chi connectivity index (χ2n) is 9.48. The van der Waals surface area contributed by atoms with Gasteiger partial charge in [-0.05, 0) is 71.6 Å². The number of rotatable bonds is 7. The molecule has 2 aromatic heterocycles. The van der Waals surface area contributed by atoms with Crippen LogP contribution in [-0.4, -0.2) is 28.3 Å². The van der Waals surface area contributed by atoms with E-state index in [1.54, 1.807) is 44.5 Å². The van der Waals surface area contributed by atoms with E-state index in [9.17, 15) is 19.2 Å². The molecule has 0 N–H and O–H groups in total. The minimum Gasteiger partial charge on any atom is -0.496 e. The Morgan fingerprint density at radius 3 is 2.51 bits per heavy atom. The lowest BCUT2D eigenvalue weighted by molar-refractivity contribution is 0.185. The largest absolute Gasteiger partial charge is 0.496 e. The van der Waals surface area contributed by atoms with Crippen molar-refractivity contribution >= 4 is 22.5 Å². The van der Waals surface area contributed by atoms with Crippen LogP contribution in [0.2, 0.25) is 5.02 Å². The number of aromatic nitrogens is 3. The third-order valence-corrected chi connectivity index (χ3v) is 7.02. The summed E-state index contributed by atoms with van der Waals surface area (Å²) in [5.74, 6) is -0.436. The van der Waals surface area contributed by atoms with Crippen molar-refractivity contribution in [2.45, 2.75) is 20.1 Å². The maximum atomic E-state index is 14.1. The van der Waals surface area contributed by atoms with Gasteiger partial charge in [-0.15, -0.1) is 0 Å². The number of nitrogens with zero attached hydrogens (tertiary/aromatic N) is 4. The molecule has 0 saturated carbocycles. The highest BCUT2D eigenvalue weighted by Gasteiger charge is 2.21. The van der Waals surface area contributed by atoms with Crippen molar-refractivity contribution in [1.29, 1.82) is 5.26 Å². The quantitative estimate of drug-likeness (QED) is 0.260. The van der Waals surface area contributed by atoms with Gasteiger partial charge in [-0.1, -0.05) is 23.7 Å². The zero-order chi connectivity index (χ0) is 29.3. The first kappa shape index (κ1) is 27.8. The third-order valence-electron chi connectivity index (χ3n) is 6.69. The minimum absolute atomic E-state index is 0.0616. The fraction of sp³-hybridized carbons (Fsp3) is 0.161. The molecule has 0 fully saturated rings. The topological polar surface area (TPSA) is 99.1 Å². The predicted octanol–water partition coefficient (Wildman–Crippen LogP) is 5.39. The molecule has 0 unspecified atom stereocenters. The first-order valence-electron chi connectivity index (χ1n) is 12.5. The van der Waals surface area contributed by atoms with Gasteiger partial charge in [0.05, 0.1) is 43.2 Å². The second-order valence-corrected chi connectivity index (χ2v) is 9.88. The molecule has 8 nitrogen and oxygen atoms in total. The number of fused-ring (bicyclic) bond motifs is 1. The van der Waals surface area contributed by atoms with Crippen LogP contribution in [0.15, 0.2) is 76.6 Å². The highest BCUT2D eigenvalue weighted by atomic mass is 35.5. The Morgan fingerprint density at radius 2 is 1.80 bits per heavy atom. The Morgan fingerprint density at radius 1 is 1.02 bits per heavy atom. The molecule has 0 aliphatic heterocycles. The Labute approximate surface area is 239 Å². The molecular formula is C31H24ClFN4O4. The van der Waals surface area contributed by atoms with Crippen LogP contribution in [0.4, 0.5) is 4.39 Å². The van der Waals surface area contributed by atoms with E-state index < -0.39 is 17.1 Å². The maximum absolute atomic E-state index is 14.1. The lowest BCUT2D eigenvalue weighted by atomic mass is 10.0. The number of hydrogen-bond acceptors (Lipinski definition) is 6. The predicted molar refractivity (Wildman–Crippen MR) is 154 cm³/mol. The van der Waals surface area contributed by atoms with Gasteiger partial charge in [-0.25, -0.2) is 13.8 Å². The van der Waals surface area contributed by atoms with Crippen LogP contribution in [0.3, 0.4) is 0 Å². The summed E-state index contributed by atoms with van der Waals surface area (Å²) in [7, 11) is 3.03. The van der Waals surface area contributed by atoms with Crippen molar-refractivity contribution < 1.29 is 13.9 Å². The number of aryl methyl sites for hydroxylation is 1. The van der Waals surface area contributed by atoms with Gasteiger partial charge in [-0.3, -0.25) is 14.3 Å². The molecule has 0 aliphatic rings. The summed E-state index contributed by atoms with van der Waals surface area (Å²) < 4.78 is 27.5. The van der Waals surface area contributed by atoms with E-state index in [4.69, 9.17) is 21.1 Å². The Balaban J connectivity index is 1.87. The average Bonchev–Trinajstić information content (AvgIpc) is 2.96. The van der Waals surface area contributed by atoms with Crippen LogP contribution in [0.25, 0.3) is 27.7 Å². The fourth-order valence-corrected chi connectivity index (χ4v) is 5.03. The molecule has 41 heavy (non-hydrogen) atoms. The van der Waals surface area contributed by atoms with Crippen molar-refractivity contribution in [2.75, 3.05) is 14.2 Å². The number of halogens is 2. The number of hydrogen-bond donors (Lipinski definition) is 0. The number of nitriles is 1. The lowest BCUT2D eigenvalue weighted by Gasteiger charge is -2.18. The Bertz CT molecular complexity index is 1980. The van der Waals surface area contributed by atoms with Crippen molar-refractivity contribution in [3.8, 4) is 28.6 Å². The second kappa shape index (κ2) is 11.4. The van der Waals surface area contributed by atoms with Crippen LogP contribution >= 0.6 is 11.6 Å². The molecule has 0 spiro atoms. The van der Waals surface area contributed by atoms with Gasteiger partial charge < -0.3 is 9.47 Å².